The van der Waals surface area contributed by atoms with Crippen molar-refractivity contribution in [1.29, 1.82) is 0 Å². The van der Waals surface area contributed by atoms with Crippen LogP contribution in [0.5, 0.6) is 0 Å². The number of likely N-dealkylation sites (tertiary alicyclic amines) is 1. The molecule has 0 bridgehead atoms. The van der Waals surface area contributed by atoms with Gasteiger partial charge in [0.15, 0.2) is 0 Å². The van der Waals surface area contributed by atoms with E-state index in [1.165, 1.54) is 0 Å². The number of alkyl carbamates (subject to hydrolysis) is 1. The summed E-state index contributed by atoms with van der Waals surface area (Å²) in [7, 11) is 0. The Morgan fingerprint density at radius 1 is 0.943 bits per heavy atom. The minimum Gasteiger partial charge on any atom is -0.449 e. The van der Waals surface area contributed by atoms with Crippen LogP contribution in [0.15, 0.2) is 30.3 Å². The minimum absolute atomic E-state index is 0.114. The summed E-state index contributed by atoms with van der Waals surface area (Å²) in [6.07, 6.45) is 5.71. The number of carbonyl (C=O) groups is 7. The lowest BCUT2D eigenvalue weighted by Gasteiger charge is -2.35. The van der Waals surface area contributed by atoms with Crippen LogP contribution in [0.2, 0.25) is 0 Å². The van der Waals surface area contributed by atoms with Crippen LogP contribution < -0.4 is 27.0 Å². The third-order valence-electron chi connectivity index (χ3n) is 9.67. The van der Waals surface area contributed by atoms with Gasteiger partial charge in [0.25, 0.3) is 5.91 Å². The Bertz CT molecular complexity index is 1470. The van der Waals surface area contributed by atoms with Crippen molar-refractivity contribution in [2.45, 2.75) is 107 Å². The van der Waals surface area contributed by atoms with Gasteiger partial charge in [0, 0.05) is 13.0 Å². The first-order valence-corrected chi connectivity index (χ1v) is 20.6. The van der Waals surface area contributed by atoms with Crippen molar-refractivity contribution in [3.05, 3.63) is 35.9 Å². The molecule has 1 aliphatic carbocycles. The SMILES string of the molecule is CCCC(NC(=O)[C@@H]1CC2(CN1C(=O)[C@@H](NC(=O)OCC(C)C)C1CCCCC1)SCCCS2)C(=O)C(=O)NCC(=O)NC(C(N)=O)c1ccccc1. The quantitative estimate of drug-likeness (QED) is 0.155. The molecule has 1 aromatic rings. The molecule has 16 heteroatoms. The molecule has 4 atom stereocenters. The standard InChI is InChI=1S/C37H54N6O8S2/c1-4-12-26(31(45)34(48)39-20-28(44)41-29(32(38)46)24-13-7-5-8-14-24)40-33(47)27-19-37(52-17-11-18-53-37)22-43(27)35(49)30(25-15-9-6-10-16-25)42-36(50)51-21-23(2)3/h5,7-8,13-14,23,25-27,29-30H,4,6,9-12,15-22H2,1-3H3,(H2,38,46)(H,39,48)(H,40,47)(H,41,44)(H,42,50)/t26?,27-,29?,30-/m0/s1. The van der Waals surface area contributed by atoms with Gasteiger partial charge in [-0.15, -0.1) is 23.5 Å². The van der Waals surface area contributed by atoms with E-state index in [0.717, 1.165) is 50.0 Å². The Hall–Kier alpha value is -3.79. The first-order chi connectivity index (χ1) is 25.3. The molecule has 2 unspecified atom stereocenters. The van der Waals surface area contributed by atoms with Crippen LogP contribution in [0, 0.1) is 11.8 Å². The number of benzene rings is 1. The zero-order chi connectivity index (χ0) is 38.5. The van der Waals surface area contributed by atoms with Crippen molar-refractivity contribution in [2.75, 3.05) is 31.2 Å². The highest BCUT2D eigenvalue weighted by Crippen LogP contribution is 2.50. The molecule has 6 amide bonds. The summed E-state index contributed by atoms with van der Waals surface area (Å²) in [5, 5.41) is 10.4. The normalized spacial score (nSPS) is 20.2. The number of primary amides is 1. The van der Waals surface area contributed by atoms with Crippen LogP contribution in [0.3, 0.4) is 0 Å². The number of nitrogens with two attached hydrogens (primary N) is 1. The fourth-order valence-electron chi connectivity index (χ4n) is 6.98. The van der Waals surface area contributed by atoms with Crippen molar-refractivity contribution < 1.29 is 38.3 Å². The zero-order valence-electron chi connectivity index (χ0n) is 30.9. The van der Waals surface area contributed by atoms with Gasteiger partial charge in [0.2, 0.25) is 29.4 Å². The van der Waals surface area contributed by atoms with E-state index < -0.39 is 70.3 Å². The molecule has 2 saturated heterocycles. The largest absolute Gasteiger partial charge is 0.449 e. The van der Waals surface area contributed by atoms with Crippen molar-refractivity contribution in [3.8, 4) is 0 Å². The van der Waals surface area contributed by atoms with E-state index >= 15 is 0 Å². The van der Waals surface area contributed by atoms with Gasteiger partial charge >= 0.3 is 6.09 Å². The molecule has 3 aliphatic rings. The maximum Gasteiger partial charge on any atom is 0.407 e. The molecule has 6 N–H and O–H groups in total. The van der Waals surface area contributed by atoms with E-state index in [1.54, 1.807) is 65.7 Å². The van der Waals surface area contributed by atoms with Gasteiger partial charge in [-0.1, -0.05) is 76.8 Å². The van der Waals surface area contributed by atoms with E-state index in [4.69, 9.17) is 10.5 Å². The van der Waals surface area contributed by atoms with E-state index in [0.29, 0.717) is 24.9 Å². The first-order valence-electron chi connectivity index (χ1n) is 18.6. The second-order valence-electron chi connectivity index (χ2n) is 14.4. The van der Waals surface area contributed by atoms with Crippen LogP contribution in [0.1, 0.15) is 90.2 Å². The molecule has 3 fully saturated rings. The molecule has 53 heavy (non-hydrogen) atoms. The fourth-order valence-corrected chi connectivity index (χ4v) is 10.3. The highest BCUT2D eigenvalue weighted by molar-refractivity contribution is 8.18. The fraction of sp³-hybridized carbons (Fsp3) is 0.649. The highest BCUT2D eigenvalue weighted by Gasteiger charge is 2.52. The van der Waals surface area contributed by atoms with Crippen molar-refractivity contribution in [2.24, 2.45) is 17.6 Å². The van der Waals surface area contributed by atoms with Gasteiger partial charge in [-0.05, 0) is 54.6 Å². The molecule has 1 aromatic carbocycles. The van der Waals surface area contributed by atoms with Crippen LogP contribution in [0.4, 0.5) is 4.79 Å². The minimum atomic E-state index is -1.21. The lowest BCUT2D eigenvalue weighted by Crippen LogP contribution is -2.58. The average molecular weight is 775 g/mol. The summed E-state index contributed by atoms with van der Waals surface area (Å²) >= 11 is 3.44. The van der Waals surface area contributed by atoms with E-state index in [1.807, 2.05) is 13.8 Å². The number of hydrogen-bond donors (Lipinski definition) is 5. The third kappa shape index (κ3) is 11.8. The summed E-state index contributed by atoms with van der Waals surface area (Å²) < 4.78 is 4.98. The van der Waals surface area contributed by atoms with Gasteiger partial charge in [-0.2, -0.15) is 0 Å². The molecule has 292 valence electrons. The predicted octanol–water partition coefficient (Wildman–Crippen LogP) is 2.80. The van der Waals surface area contributed by atoms with Gasteiger partial charge in [-0.3, -0.25) is 28.8 Å². The lowest BCUT2D eigenvalue weighted by atomic mass is 9.83. The number of amides is 6. The highest BCUT2D eigenvalue weighted by atomic mass is 32.2. The molecule has 0 aromatic heterocycles. The second-order valence-corrected chi connectivity index (χ2v) is 17.6. The Labute approximate surface area is 320 Å². The van der Waals surface area contributed by atoms with Crippen molar-refractivity contribution in [1.82, 2.24) is 26.2 Å². The third-order valence-corrected chi connectivity index (χ3v) is 13.0. The molecule has 2 aliphatic heterocycles. The average Bonchev–Trinajstić information content (AvgIpc) is 3.52. The summed E-state index contributed by atoms with van der Waals surface area (Å²) in [4.78, 5) is 94.3. The van der Waals surface area contributed by atoms with Crippen molar-refractivity contribution >= 4 is 64.9 Å². The number of ether oxygens (including phenoxy) is 1. The number of thioether (sulfide) groups is 2. The number of carbonyl (C=O) groups excluding carboxylic acids is 7. The Balaban J connectivity index is 1.47. The second kappa shape index (κ2) is 20.0. The van der Waals surface area contributed by atoms with Gasteiger partial charge in [0.05, 0.1) is 23.3 Å². The predicted molar refractivity (Wildman–Crippen MR) is 203 cm³/mol. The summed E-state index contributed by atoms with van der Waals surface area (Å²) in [6.45, 7) is 5.55. The van der Waals surface area contributed by atoms with E-state index in [9.17, 15) is 33.6 Å². The summed E-state index contributed by atoms with van der Waals surface area (Å²) in [5.41, 5.74) is 5.94. The van der Waals surface area contributed by atoms with Crippen LogP contribution in [-0.2, 0) is 33.5 Å². The van der Waals surface area contributed by atoms with Crippen LogP contribution in [0.25, 0.3) is 0 Å². The number of nitrogens with zero attached hydrogens (tertiary/aromatic N) is 1. The molecule has 1 spiro atoms. The van der Waals surface area contributed by atoms with E-state index in [-0.39, 0.29) is 30.8 Å². The number of hydrogen-bond acceptors (Lipinski definition) is 10. The van der Waals surface area contributed by atoms with E-state index in [2.05, 4.69) is 21.3 Å². The number of rotatable bonds is 16. The molecular weight excluding hydrogens is 721 g/mol. The zero-order valence-corrected chi connectivity index (χ0v) is 32.5. The first kappa shape index (κ1) is 42.0. The van der Waals surface area contributed by atoms with Gasteiger partial charge in [0.1, 0.15) is 18.1 Å². The Morgan fingerprint density at radius 3 is 2.25 bits per heavy atom. The molecule has 4 rings (SSSR count). The monoisotopic (exact) mass is 774 g/mol. The molecule has 0 radical (unpaired) electrons. The smallest absolute Gasteiger partial charge is 0.407 e. The van der Waals surface area contributed by atoms with Gasteiger partial charge in [-0.25, -0.2) is 4.79 Å². The van der Waals surface area contributed by atoms with Crippen molar-refractivity contribution in [3.63, 3.8) is 0 Å². The summed E-state index contributed by atoms with van der Waals surface area (Å²) in [6, 6.07) is 4.19. The van der Waals surface area contributed by atoms with Gasteiger partial charge < -0.3 is 36.6 Å². The molecule has 14 nitrogen and oxygen atoms in total. The topological polar surface area (TPSA) is 206 Å². The maximum absolute atomic E-state index is 14.5. The molecule has 1 saturated carbocycles. The number of Topliss-reactive ketones (excluding diaryl/α,β-unsaturated/α-hetero) is 1. The Morgan fingerprint density at radius 2 is 1.62 bits per heavy atom. The lowest BCUT2D eigenvalue weighted by molar-refractivity contribution is -0.143. The number of ketones is 1. The van der Waals surface area contributed by atoms with Crippen LogP contribution >= 0.6 is 23.5 Å². The number of nitrogens with one attached hydrogen (secondary N) is 4. The molecule has 2 heterocycles. The maximum atomic E-state index is 14.5. The Kier molecular flexibility index (Phi) is 15.9. The van der Waals surface area contributed by atoms with Crippen LogP contribution in [-0.4, -0.2) is 99.7 Å². The summed E-state index contributed by atoms with van der Waals surface area (Å²) in [5.74, 6) is -2.71. The molecular formula is C37H54N6O8S2.